The number of halogens is 4. The molecule has 0 aliphatic carbocycles. The number of benzene rings is 1. The van der Waals surface area contributed by atoms with Crippen LogP contribution in [0.4, 0.5) is 0 Å². The fourth-order valence-electron chi connectivity index (χ4n) is 1.70. The lowest BCUT2D eigenvalue weighted by molar-refractivity contribution is 0.305. The van der Waals surface area contributed by atoms with E-state index in [0.29, 0.717) is 24.1 Å². The monoisotopic (exact) mass is 458 g/mol. The zero-order chi connectivity index (χ0) is 15.7. The van der Waals surface area contributed by atoms with Gasteiger partial charge in [-0.05, 0) is 68.8 Å². The highest BCUT2D eigenvalue weighted by atomic mass is 79.9. The predicted octanol–water partition coefficient (Wildman–Crippen LogP) is 6.31. The SMILES string of the molecule is CCc1cc(OCC=C(Br)Br)cc(Cl)c1OCCCCCl. The summed E-state index contributed by atoms with van der Waals surface area (Å²) in [4.78, 5) is 0. The summed E-state index contributed by atoms with van der Waals surface area (Å²) in [7, 11) is 0. The first-order valence-corrected chi connectivity index (χ1v) is 9.23. The Kier molecular flexibility index (Phi) is 9.81. The summed E-state index contributed by atoms with van der Waals surface area (Å²) in [5, 5.41) is 0.581. The van der Waals surface area contributed by atoms with Gasteiger partial charge in [0, 0.05) is 11.9 Å². The van der Waals surface area contributed by atoms with E-state index in [4.69, 9.17) is 32.7 Å². The number of aryl methyl sites for hydroxylation is 1. The van der Waals surface area contributed by atoms with Crippen molar-refractivity contribution >= 4 is 55.1 Å². The van der Waals surface area contributed by atoms with Crippen LogP contribution in [0.25, 0.3) is 0 Å². The highest BCUT2D eigenvalue weighted by molar-refractivity contribution is 9.28. The Labute approximate surface area is 153 Å². The molecule has 0 aliphatic heterocycles. The molecule has 0 fully saturated rings. The molecule has 0 aromatic heterocycles. The summed E-state index contributed by atoms with van der Waals surface area (Å²) in [5.74, 6) is 2.14. The summed E-state index contributed by atoms with van der Waals surface area (Å²) in [6, 6.07) is 3.76. The highest BCUT2D eigenvalue weighted by Gasteiger charge is 2.10. The molecule has 0 heterocycles. The molecule has 0 bridgehead atoms. The minimum absolute atomic E-state index is 0.460. The van der Waals surface area contributed by atoms with Gasteiger partial charge in [-0.2, -0.15) is 0 Å². The van der Waals surface area contributed by atoms with E-state index in [-0.39, 0.29) is 0 Å². The van der Waals surface area contributed by atoms with Crippen LogP contribution in [0.2, 0.25) is 5.02 Å². The van der Waals surface area contributed by atoms with Gasteiger partial charge in [-0.15, -0.1) is 11.6 Å². The zero-order valence-corrected chi connectivity index (χ0v) is 16.5. The van der Waals surface area contributed by atoms with Crippen LogP contribution in [0.15, 0.2) is 21.6 Å². The molecular formula is C15H18Br2Cl2O2. The minimum Gasteiger partial charge on any atom is -0.492 e. The summed E-state index contributed by atoms with van der Waals surface area (Å²) in [5.41, 5.74) is 1.05. The van der Waals surface area contributed by atoms with Gasteiger partial charge in [0.1, 0.15) is 18.1 Å². The molecule has 0 radical (unpaired) electrons. The number of hydrogen-bond donors (Lipinski definition) is 0. The molecule has 0 saturated carbocycles. The fraction of sp³-hybridized carbons (Fsp3) is 0.467. The maximum atomic E-state index is 6.30. The molecule has 21 heavy (non-hydrogen) atoms. The molecule has 1 aromatic carbocycles. The van der Waals surface area contributed by atoms with Crippen molar-refractivity contribution in [2.24, 2.45) is 0 Å². The molecule has 6 heteroatoms. The van der Waals surface area contributed by atoms with Crippen molar-refractivity contribution in [2.45, 2.75) is 26.2 Å². The Morgan fingerprint density at radius 1 is 1.24 bits per heavy atom. The van der Waals surface area contributed by atoms with Crippen molar-refractivity contribution in [1.29, 1.82) is 0 Å². The largest absolute Gasteiger partial charge is 0.492 e. The number of rotatable bonds is 9. The third-order valence-corrected chi connectivity index (χ3v) is 3.93. The molecular weight excluding hydrogens is 443 g/mol. The van der Waals surface area contributed by atoms with Gasteiger partial charge in [-0.1, -0.05) is 18.5 Å². The van der Waals surface area contributed by atoms with Crippen LogP contribution in [-0.4, -0.2) is 19.1 Å². The molecule has 0 amide bonds. The van der Waals surface area contributed by atoms with E-state index < -0.39 is 0 Å². The Morgan fingerprint density at radius 2 is 2.00 bits per heavy atom. The van der Waals surface area contributed by atoms with Gasteiger partial charge in [0.25, 0.3) is 0 Å². The van der Waals surface area contributed by atoms with Crippen molar-refractivity contribution < 1.29 is 9.47 Å². The number of unbranched alkanes of at least 4 members (excludes halogenated alkanes) is 1. The van der Waals surface area contributed by atoms with Crippen molar-refractivity contribution in [2.75, 3.05) is 19.1 Å². The van der Waals surface area contributed by atoms with Crippen LogP contribution in [0, 0.1) is 0 Å². The van der Waals surface area contributed by atoms with E-state index in [0.717, 1.165) is 39.7 Å². The molecule has 0 N–H and O–H groups in total. The molecule has 1 rings (SSSR count). The number of hydrogen-bond acceptors (Lipinski definition) is 2. The lowest BCUT2D eigenvalue weighted by Gasteiger charge is -2.14. The molecule has 0 spiro atoms. The second-order valence-corrected chi connectivity index (χ2v) is 7.85. The van der Waals surface area contributed by atoms with Crippen LogP contribution in [0.5, 0.6) is 11.5 Å². The normalized spacial score (nSPS) is 10.3. The maximum absolute atomic E-state index is 6.30. The quantitative estimate of drug-likeness (QED) is 0.317. The Balaban J connectivity index is 2.74. The third-order valence-electron chi connectivity index (χ3n) is 2.74. The van der Waals surface area contributed by atoms with E-state index >= 15 is 0 Å². The van der Waals surface area contributed by atoms with Crippen LogP contribution in [0.3, 0.4) is 0 Å². The van der Waals surface area contributed by atoms with E-state index in [2.05, 4.69) is 38.8 Å². The predicted molar refractivity (Wildman–Crippen MR) is 97.7 cm³/mol. The molecule has 0 saturated heterocycles. The lowest BCUT2D eigenvalue weighted by Crippen LogP contribution is -2.02. The summed E-state index contributed by atoms with van der Waals surface area (Å²) < 4.78 is 12.3. The van der Waals surface area contributed by atoms with E-state index in [1.54, 1.807) is 6.07 Å². The first kappa shape index (κ1) is 19.1. The van der Waals surface area contributed by atoms with E-state index in [1.807, 2.05) is 12.1 Å². The zero-order valence-electron chi connectivity index (χ0n) is 11.8. The molecule has 118 valence electrons. The second-order valence-electron chi connectivity index (χ2n) is 4.30. The van der Waals surface area contributed by atoms with Crippen molar-refractivity contribution in [3.05, 3.63) is 32.2 Å². The van der Waals surface area contributed by atoms with Crippen molar-refractivity contribution in [3.8, 4) is 11.5 Å². The average Bonchev–Trinajstić information content (AvgIpc) is 2.44. The molecule has 1 aromatic rings. The molecule has 0 aliphatic rings. The molecule has 0 atom stereocenters. The molecule has 2 nitrogen and oxygen atoms in total. The van der Waals surface area contributed by atoms with Gasteiger partial charge >= 0.3 is 0 Å². The van der Waals surface area contributed by atoms with E-state index in [9.17, 15) is 0 Å². The van der Waals surface area contributed by atoms with Gasteiger partial charge in [0.15, 0.2) is 0 Å². The summed E-state index contributed by atoms with van der Waals surface area (Å²) >= 11 is 18.5. The average molecular weight is 461 g/mol. The first-order valence-electron chi connectivity index (χ1n) is 6.73. The third kappa shape index (κ3) is 7.27. The van der Waals surface area contributed by atoms with Crippen LogP contribution in [-0.2, 0) is 6.42 Å². The number of alkyl halides is 1. The van der Waals surface area contributed by atoms with Gasteiger partial charge < -0.3 is 9.47 Å². The Morgan fingerprint density at radius 3 is 2.62 bits per heavy atom. The minimum atomic E-state index is 0.460. The van der Waals surface area contributed by atoms with Crippen molar-refractivity contribution in [3.63, 3.8) is 0 Å². The standard InChI is InChI=1S/C15H18Br2Cl2O2/c1-2-11-9-12(20-8-5-14(16)17)10-13(19)15(11)21-7-4-3-6-18/h5,9-10H,2-4,6-8H2,1H3. The highest BCUT2D eigenvalue weighted by Crippen LogP contribution is 2.34. The van der Waals surface area contributed by atoms with E-state index in [1.165, 1.54) is 0 Å². The lowest BCUT2D eigenvalue weighted by atomic mass is 10.1. The van der Waals surface area contributed by atoms with Crippen molar-refractivity contribution in [1.82, 2.24) is 0 Å². The van der Waals surface area contributed by atoms with Gasteiger partial charge in [0.2, 0.25) is 0 Å². The fourth-order valence-corrected chi connectivity index (χ4v) is 2.44. The van der Waals surface area contributed by atoms with Crippen LogP contribution < -0.4 is 9.47 Å². The second kappa shape index (κ2) is 10.8. The van der Waals surface area contributed by atoms with Crippen LogP contribution in [0.1, 0.15) is 25.3 Å². The molecule has 0 unspecified atom stereocenters. The number of ether oxygens (including phenoxy) is 2. The Hall–Kier alpha value is 0.1000. The maximum Gasteiger partial charge on any atom is 0.141 e. The van der Waals surface area contributed by atoms with Gasteiger partial charge in [0.05, 0.1) is 15.0 Å². The smallest absolute Gasteiger partial charge is 0.141 e. The van der Waals surface area contributed by atoms with Gasteiger partial charge in [-0.3, -0.25) is 0 Å². The van der Waals surface area contributed by atoms with Crippen LogP contribution >= 0.6 is 55.1 Å². The topological polar surface area (TPSA) is 18.5 Å². The summed E-state index contributed by atoms with van der Waals surface area (Å²) in [6.45, 7) is 3.15. The summed E-state index contributed by atoms with van der Waals surface area (Å²) in [6.07, 6.45) is 4.57. The Bertz CT molecular complexity index is 475. The first-order chi connectivity index (χ1) is 10.1. The van der Waals surface area contributed by atoms with Gasteiger partial charge in [-0.25, -0.2) is 0 Å².